The Bertz CT molecular complexity index is 1680. The zero-order valence-electron chi connectivity index (χ0n) is 23.8. The number of rotatable bonds is 9. The number of halogens is 2. The molecule has 0 saturated heterocycles. The number of nitrogens with zero attached hydrogens (tertiary/aromatic N) is 1. The molecule has 0 amide bonds. The Kier molecular flexibility index (Phi) is 9.78. The molecule has 228 valence electrons. The van der Waals surface area contributed by atoms with Gasteiger partial charge in [-0.2, -0.15) is 0 Å². The van der Waals surface area contributed by atoms with E-state index in [0.717, 1.165) is 17.7 Å². The molecule has 0 bridgehead atoms. The Balaban J connectivity index is 1.68. The maximum atomic E-state index is 14.6. The number of anilines is 2. The Morgan fingerprint density at radius 3 is 2.16 bits per heavy atom. The Morgan fingerprint density at radius 1 is 0.841 bits per heavy atom. The van der Waals surface area contributed by atoms with Crippen molar-refractivity contribution in [1.82, 2.24) is 0 Å². The van der Waals surface area contributed by atoms with Crippen molar-refractivity contribution in [2.75, 3.05) is 12.4 Å². The highest BCUT2D eigenvalue weighted by Gasteiger charge is 2.28. The van der Waals surface area contributed by atoms with Crippen LogP contribution in [0, 0.1) is 6.92 Å². The fourth-order valence-corrected chi connectivity index (χ4v) is 4.98. The first-order valence-electron chi connectivity index (χ1n) is 13.6. The summed E-state index contributed by atoms with van der Waals surface area (Å²) in [6.07, 6.45) is 5.39. The summed E-state index contributed by atoms with van der Waals surface area (Å²) in [5.41, 5.74) is 1.91. The molecule has 9 N–H and O–H groups in total. The second-order valence-corrected chi connectivity index (χ2v) is 10.6. The van der Waals surface area contributed by atoms with Crippen molar-refractivity contribution in [2.24, 2.45) is 4.99 Å². The van der Waals surface area contributed by atoms with Gasteiger partial charge in [0.15, 0.2) is 0 Å². The molecule has 0 atom stereocenters. The van der Waals surface area contributed by atoms with Gasteiger partial charge in [0.1, 0.15) is 0 Å². The molecule has 3 aromatic rings. The predicted molar refractivity (Wildman–Crippen MR) is 171 cm³/mol. The minimum absolute atomic E-state index is 0.0130. The van der Waals surface area contributed by atoms with Gasteiger partial charge < -0.3 is 54.1 Å². The van der Waals surface area contributed by atoms with Gasteiger partial charge in [-0.3, -0.25) is 4.99 Å². The third kappa shape index (κ3) is 7.80. The number of nitrogens with one attached hydrogen (secondary N) is 1. The van der Waals surface area contributed by atoms with E-state index in [9.17, 15) is 48.8 Å². The third-order valence-corrected chi connectivity index (χ3v) is 7.14. The lowest BCUT2D eigenvalue weighted by atomic mass is 9.67. The first-order valence-corrected chi connectivity index (χ1v) is 13.6. The zero-order chi connectivity index (χ0) is 32.4. The van der Waals surface area contributed by atoms with Gasteiger partial charge >= 0.3 is 27.9 Å². The molecular formula is C28H30B4F2N2O8-2. The minimum Gasteiger partial charge on any atom is -0.552 e. The van der Waals surface area contributed by atoms with Crippen molar-refractivity contribution in [3.05, 3.63) is 106 Å². The Hall–Kier alpha value is -3.85. The van der Waals surface area contributed by atoms with Crippen molar-refractivity contribution in [1.29, 1.82) is 0 Å². The van der Waals surface area contributed by atoms with E-state index in [0.29, 0.717) is 16.6 Å². The molecule has 0 unspecified atom stereocenters. The number of benzene rings is 3. The summed E-state index contributed by atoms with van der Waals surface area (Å²) < 4.78 is 28.6. The minimum atomic E-state index is -4.56. The predicted octanol–water partition coefficient (Wildman–Crippen LogP) is -0.828. The highest BCUT2D eigenvalue weighted by molar-refractivity contribution is 6.73. The quantitative estimate of drug-likeness (QED) is 0.141. The summed E-state index contributed by atoms with van der Waals surface area (Å²) >= 11 is 0. The summed E-state index contributed by atoms with van der Waals surface area (Å²) in [4.78, 5) is 3.79. The fourth-order valence-electron chi connectivity index (χ4n) is 4.98. The van der Waals surface area contributed by atoms with Crippen LogP contribution in [0.5, 0.6) is 0 Å². The van der Waals surface area contributed by atoms with Gasteiger partial charge in [-0.25, -0.2) is 0 Å². The summed E-state index contributed by atoms with van der Waals surface area (Å²) in [5.74, 6) is 0. The maximum absolute atomic E-state index is 14.6. The molecule has 44 heavy (non-hydrogen) atoms. The van der Waals surface area contributed by atoms with Crippen LogP contribution in [-0.4, -0.2) is 80.8 Å². The van der Waals surface area contributed by atoms with Crippen LogP contribution < -0.4 is 21.7 Å². The average Bonchev–Trinajstić information content (AvgIpc) is 2.94. The number of hydrogen-bond acceptors (Lipinski definition) is 10. The van der Waals surface area contributed by atoms with Gasteiger partial charge in [0.2, 0.25) is 0 Å². The first kappa shape index (κ1) is 33.1. The highest BCUT2D eigenvalue weighted by Crippen LogP contribution is 2.24. The Morgan fingerprint density at radius 2 is 1.55 bits per heavy atom. The molecule has 0 saturated carbocycles. The molecule has 0 fully saturated rings. The van der Waals surface area contributed by atoms with Crippen LogP contribution in [0.4, 0.5) is 20.0 Å². The second-order valence-electron chi connectivity index (χ2n) is 10.6. The van der Waals surface area contributed by atoms with Crippen LogP contribution in [0.15, 0.2) is 88.9 Å². The molecule has 0 spiro atoms. The van der Waals surface area contributed by atoms with E-state index in [4.69, 9.17) is 0 Å². The molecular weight excluding hydrogens is 574 g/mol. The maximum Gasteiger partial charge on any atom is 0.490 e. The number of allylic oxidation sites excluding steroid dienone is 5. The first-order chi connectivity index (χ1) is 20.6. The van der Waals surface area contributed by atoms with Crippen molar-refractivity contribution >= 4 is 67.4 Å². The topological polar surface area (TPSA) is 186 Å². The SMILES string of the molecule is CN=C1C=C/C(=C/c2ccc(Nc3ccc(Cc4ccc(C)cc4B(O)O)cc3B(O)O)cc2[B-](O)(O)F)C=C1[B-](O)(O)F. The largest absolute Gasteiger partial charge is 0.552 e. The van der Waals surface area contributed by atoms with Crippen molar-refractivity contribution < 1.29 is 48.8 Å². The van der Waals surface area contributed by atoms with Crippen LogP contribution >= 0.6 is 0 Å². The molecule has 0 radical (unpaired) electrons. The normalized spacial score (nSPS) is 15.5. The van der Waals surface area contributed by atoms with E-state index in [1.54, 1.807) is 18.2 Å². The summed E-state index contributed by atoms with van der Waals surface area (Å²) in [6.45, 7) is -7.15. The number of hydrogen-bond donors (Lipinski definition) is 9. The van der Waals surface area contributed by atoms with Gasteiger partial charge in [0.25, 0.3) is 0 Å². The molecule has 0 aliphatic heterocycles. The molecule has 0 heterocycles. The highest BCUT2D eigenvalue weighted by atomic mass is 19.1. The fraction of sp³-hybridized carbons (Fsp3) is 0.107. The molecule has 4 rings (SSSR count). The van der Waals surface area contributed by atoms with E-state index in [1.807, 2.05) is 13.0 Å². The third-order valence-electron chi connectivity index (χ3n) is 7.14. The lowest BCUT2D eigenvalue weighted by Crippen LogP contribution is -2.45. The van der Waals surface area contributed by atoms with Gasteiger partial charge in [0.05, 0.1) is 0 Å². The van der Waals surface area contributed by atoms with Gasteiger partial charge in [0, 0.05) is 29.6 Å². The lowest BCUT2D eigenvalue weighted by molar-refractivity contribution is 0.305. The number of aryl methyl sites for hydroxylation is 1. The van der Waals surface area contributed by atoms with Gasteiger partial charge in [-0.15, -0.1) is 5.46 Å². The van der Waals surface area contributed by atoms with E-state index in [1.165, 1.54) is 49.5 Å². The summed E-state index contributed by atoms with van der Waals surface area (Å²) in [7, 11) is -2.29. The molecule has 16 heteroatoms. The van der Waals surface area contributed by atoms with Crippen LogP contribution in [0.2, 0.25) is 0 Å². The molecule has 0 aromatic heterocycles. The second kappa shape index (κ2) is 13.0. The van der Waals surface area contributed by atoms with Crippen molar-refractivity contribution in [3.63, 3.8) is 0 Å². The summed E-state index contributed by atoms with van der Waals surface area (Å²) in [6, 6.07) is 13.8. The smallest absolute Gasteiger partial charge is 0.490 e. The summed E-state index contributed by atoms with van der Waals surface area (Å²) in [5, 5.41) is 81.6. The molecule has 3 aromatic carbocycles. The molecule has 10 nitrogen and oxygen atoms in total. The van der Waals surface area contributed by atoms with Crippen molar-refractivity contribution in [3.8, 4) is 0 Å². The van der Waals surface area contributed by atoms with Crippen LogP contribution in [-0.2, 0) is 6.42 Å². The number of aliphatic imine (C=N–C) groups is 1. The van der Waals surface area contributed by atoms with E-state index < -0.39 is 38.8 Å². The Labute approximate surface area is 253 Å². The molecule has 1 aliphatic rings. The van der Waals surface area contributed by atoms with Gasteiger partial charge in [-0.1, -0.05) is 77.3 Å². The lowest BCUT2D eigenvalue weighted by Gasteiger charge is -2.26. The zero-order valence-corrected chi connectivity index (χ0v) is 23.8. The van der Waals surface area contributed by atoms with Crippen LogP contribution in [0.1, 0.15) is 22.3 Å². The van der Waals surface area contributed by atoms with Crippen LogP contribution in [0.3, 0.4) is 0 Å². The molecule has 1 aliphatic carbocycles. The average molecular weight is 604 g/mol. The van der Waals surface area contributed by atoms with Crippen molar-refractivity contribution in [2.45, 2.75) is 13.3 Å². The van der Waals surface area contributed by atoms with Crippen LogP contribution in [0.25, 0.3) is 6.08 Å². The monoisotopic (exact) mass is 604 g/mol. The van der Waals surface area contributed by atoms with E-state index >= 15 is 0 Å². The van der Waals surface area contributed by atoms with E-state index in [2.05, 4.69) is 10.3 Å². The van der Waals surface area contributed by atoms with Gasteiger partial charge in [-0.05, 0) is 53.7 Å². The van der Waals surface area contributed by atoms with E-state index in [-0.39, 0.29) is 40.1 Å². The standard InChI is InChI=1S/C28H30B4F2N2O8/c1-17-3-6-20(23(11-17)29(37)38)12-18-4-9-27(24(14-18)30(39)40)36-22-8-7-21(25(16-22)31(33,41)42)13-19-5-10-28(35-2)26(15-19)32(34,43)44/h3-11,13-16,36-44H,12H2,1-2H3/q-2/b19-13-,35-28?.